The van der Waals surface area contributed by atoms with E-state index in [1.54, 1.807) is 23.0 Å². The zero-order valence-electron chi connectivity index (χ0n) is 16.1. The van der Waals surface area contributed by atoms with Gasteiger partial charge >= 0.3 is 0 Å². The highest BCUT2D eigenvalue weighted by atomic mass is 35.5. The molecule has 0 saturated heterocycles. The molecule has 0 fully saturated rings. The normalized spacial score (nSPS) is 12.2. The van der Waals surface area contributed by atoms with E-state index in [0.717, 1.165) is 5.56 Å². The van der Waals surface area contributed by atoms with E-state index < -0.39 is 10.0 Å². The first-order chi connectivity index (χ1) is 13.1. The summed E-state index contributed by atoms with van der Waals surface area (Å²) in [5.41, 5.74) is 1.59. The molecule has 9 heteroatoms. The molecule has 148 valence electrons. The van der Waals surface area contributed by atoms with E-state index in [2.05, 4.69) is 40.7 Å². The molecule has 0 bridgehead atoms. The smallest absolute Gasteiger partial charge is 0.261 e. The second-order valence-corrected chi connectivity index (χ2v) is 9.49. The number of hydrogen-bond donors (Lipinski definition) is 1. The first-order valence-corrected chi connectivity index (χ1v) is 10.6. The molecule has 0 atom stereocenters. The third kappa shape index (κ3) is 4.18. The first kappa shape index (κ1) is 20.3. The summed E-state index contributed by atoms with van der Waals surface area (Å²) in [4.78, 5) is 4.43. The molecule has 0 aliphatic heterocycles. The Morgan fingerprint density at radius 3 is 2.46 bits per heavy atom. The lowest BCUT2D eigenvalue weighted by Crippen LogP contribution is -2.16. The van der Waals surface area contributed by atoms with Crippen molar-refractivity contribution in [3.8, 4) is 11.5 Å². The predicted molar refractivity (Wildman–Crippen MR) is 110 cm³/mol. The van der Waals surface area contributed by atoms with Gasteiger partial charge in [-0.1, -0.05) is 44.5 Å². The summed E-state index contributed by atoms with van der Waals surface area (Å²) in [6.45, 7) is 8.77. The maximum Gasteiger partial charge on any atom is 0.261 e. The first-order valence-electron chi connectivity index (χ1n) is 8.79. The van der Waals surface area contributed by atoms with Crippen molar-refractivity contribution < 1.29 is 8.42 Å². The van der Waals surface area contributed by atoms with E-state index in [4.69, 9.17) is 11.6 Å². The predicted octanol–water partition coefficient (Wildman–Crippen LogP) is 4.11. The minimum Gasteiger partial charge on any atom is -0.313 e. The van der Waals surface area contributed by atoms with Gasteiger partial charge in [0.2, 0.25) is 0 Å². The van der Waals surface area contributed by atoms with Crippen LogP contribution in [-0.4, -0.2) is 28.2 Å². The van der Waals surface area contributed by atoms with Crippen LogP contribution in [0.4, 0.5) is 5.69 Å². The molecule has 2 aromatic heterocycles. The van der Waals surface area contributed by atoms with Gasteiger partial charge in [-0.15, -0.1) is 10.2 Å². The quantitative estimate of drug-likeness (QED) is 0.672. The molecule has 7 nitrogen and oxygen atoms in total. The number of halogens is 1. The number of rotatable bonds is 5. The molecule has 0 aliphatic carbocycles. The molecule has 2 heterocycles. The van der Waals surface area contributed by atoms with Crippen LogP contribution >= 0.6 is 11.6 Å². The fraction of sp³-hybridized carbons (Fsp3) is 0.316. The largest absolute Gasteiger partial charge is 0.313 e. The fourth-order valence-corrected chi connectivity index (χ4v) is 3.92. The van der Waals surface area contributed by atoms with E-state index >= 15 is 0 Å². The van der Waals surface area contributed by atoms with Crippen molar-refractivity contribution in [3.05, 3.63) is 53.4 Å². The molecule has 0 spiro atoms. The molecule has 28 heavy (non-hydrogen) atoms. The molecular weight excluding hydrogens is 398 g/mol. The SMILES string of the molecule is CCn1cnnc1-c1ncc(Cl)cc1NS(=O)(=O)c1ccc(C(C)(C)C)cc1. The third-order valence-electron chi connectivity index (χ3n) is 4.30. The zero-order valence-corrected chi connectivity index (χ0v) is 17.7. The van der Waals surface area contributed by atoms with Gasteiger partial charge in [0.1, 0.15) is 12.0 Å². The Morgan fingerprint density at radius 1 is 1.18 bits per heavy atom. The fourth-order valence-electron chi connectivity index (χ4n) is 2.70. The van der Waals surface area contributed by atoms with Gasteiger partial charge in [0.25, 0.3) is 10.0 Å². The maximum absolute atomic E-state index is 12.9. The van der Waals surface area contributed by atoms with Gasteiger partial charge < -0.3 is 4.57 Å². The number of hydrogen-bond acceptors (Lipinski definition) is 5. The van der Waals surface area contributed by atoms with Crippen molar-refractivity contribution in [1.82, 2.24) is 19.7 Å². The number of nitrogens with zero attached hydrogens (tertiary/aromatic N) is 4. The number of anilines is 1. The van der Waals surface area contributed by atoms with E-state index in [1.807, 2.05) is 19.1 Å². The standard InChI is InChI=1S/C19H22ClN5O2S/c1-5-25-12-22-23-18(25)17-16(10-14(20)11-21-17)24-28(26,27)15-8-6-13(7-9-15)19(2,3)4/h6-12,24H,5H2,1-4H3. The average molecular weight is 420 g/mol. The van der Waals surface area contributed by atoms with Gasteiger partial charge in [0.15, 0.2) is 5.82 Å². The summed E-state index contributed by atoms with van der Waals surface area (Å²) in [6, 6.07) is 8.34. The molecule has 0 unspecified atom stereocenters. The maximum atomic E-state index is 12.9. The third-order valence-corrected chi connectivity index (χ3v) is 5.89. The van der Waals surface area contributed by atoms with Gasteiger partial charge in [0, 0.05) is 12.7 Å². The summed E-state index contributed by atoms with van der Waals surface area (Å²) in [6.07, 6.45) is 3.01. The van der Waals surface area contributed by atoms with Crippen LogP contribution in [0, 0.1) is 0 Å². The van der Waals surface area contributed by atoms with Crippen LogP contribution in [0.1, 0.15) is 33.3 Å². The van der Waals surface area contributed by atoms with E-state index in [-0.39, 0.29) is 16.0 Å². The number of benzene rings is 1. The van der Waals surface area contributed by atoms with Crippen LogP contribution in [0.25, 0.3) is 11.5 Å². The highest BCUT2D eigenvalue weighted by Crippen LogP contribution is 2.30. The number of aromatic nitrogens is 4. The molecule has 1 N–H and O–H groups in total. The van der Waals surface area contributed by atoms with Gasteiger partial charge in [0.05, 0.1) is 15.6 Å². The van der Waals surface area contributed by atoms with Gasteiger partial charge in [-0.3, -0.25) is 4.72 Å². The van der Waals surface area contributed by atoms with Crippen molar-refractivity contribution in [1.29, 1.82) is 0 Å². The Hall–Kier alpha value is -2.45. The minimum atomic E-state index is -3.83. The Kier molecular flexibility index (Phi) is 5.45. The number of sulfonamides is 1. The second-order valence-electron chi connectivity index (χ2n) is 7.37. The van der Waals surface area contributed by atoms with E-state index in [9.17, 15) is 8.42 Å². The van der Waals surface area contributed by atoms with Gasteiger partial charge in [-0.05, 0) is 36.1 Å². The van der Waals surface area contributed by atoms with Crippen LogP contribution < -0.4 is 4.72 Å². The van der Waals surface area contributed by atoms with Gasteiger partial charge in [-0.25, -0.2) is 13.4 Å². The van der Waals surface area contributed by atoms with E-state index in [1.165, 1.54) is 12.3 Å². The Morgan fingerprint density at radius 2 is 1.86 bits per heavy atom. The van der Waals surface area contributed by atoms with Crippen molar-refractivity contribution in [3.63, 3.8) is 0 Å². The molecule has 0 radical (unpaired) electrons. The average Bonchev–Trinajstić information content (AvgIpc) is 3.09. The second kappa shape index (κ2) is 7.52. The Balaban J connectivity index is 2.00. The summed E-state index contributed by atoms with van der Waals surface area (Å²) in [7, 11) is -3.83. The van der Waals surface area contributed by atoms with Crippen LogP contribution in [0.15, 0.2) is 47.8 Å². The summed E-state index contributed by atoms with van der Waals surface area (Å²) < 4.78 is 30.2. The van der Waals surface area contributed by atoms with Crippen LogP contribution in [0.2, 0.25) is 5.02 Å². The summed E-state index contributed by atoms with van der Waals surface area (Å²) in [5.74, 6) is 0.458. The molecular formula is C19H22ClN5O2S. The summed E-state index contributed by atoms with van der Waals surface area (Å²) in [5, 5.41) is 8.26. The number of pyridine rings is 1. The topological polar surface area (TPSA) is 89.8 Å². The molecule has 3 rings (SSSR count). The number of aryl methyl sites for hydroxylation is 1. The van der Waals surface area contributed by atoms with Crippen molar-refractivity contribution >= 4 is 27.3 Å². The highest BCUT2D eigenvalue weighted by Gasteiger charge is 2.21. The molecule has 0 aliphatic rings. The van der Waals surface area contributed by atoms with Crippen LogP contribution in [-0.2, 0) is 22.0 Å². The monoisotopic (exact) mass is 419 g/mol. The van der Waals surface area contributed by atoms with Crippen molar-refractivity contribution in [2.24, 2.45) is 0 Å². The van der Waals surface area contributed by atoms with Crippen molar-refractivity contribution in [2.75, 3.05) is 4.72 Å². The summed E-state index contributed by atoms with van der Waals surface area (Å²) >= 11 is 6.06. The lowest BCUT2D eigenvalue weighted by atomic mass is 9.87. The molecule has 3 aromatic rings. The lowest BCUT2D eigenvalue weighted by molar-refractivity contribution is 0.587. The lowest BCUT2D eigenvalue weighted by Gasteiger charge is -2.19. The highest BCUT2D eigenvalue weighted by molar-refractivity contribution is 7.92. The Labute approximate surface area is 169 Å². The number of nitrogens with one attached hydrogen (secondary N) is 1. The molecule has 0 amide bonds. The Bertz CT molecular complexity index is 1090. The van der Waals surface area contributed by atoms with Crippen LogP contribution in [0.3, 0.4) is 0 Å². The van der Waals surface area contributed by atoms with Crippen molar-refractivity contribution in [2.45, 2.75) is 44.6 Å². The van der Waals surface area contributed by atoms with Crippen LogP contribution in [0.5, 0.6) is 0 Å². The van der Waals surface area contributed by atoms with Gasteiger partial charge in [-0.2, -0.15) is 0 Å². The minimum absolute atomic E-state index is 0.0655. The van der Waals surface area contributed by atoms with E-state index in [0.29, 0.717) is 23.1 Å². The zero-order chi connectivity index (χ0) is 20.5. The molecule has 0 saturated carbocycles. The molecule has 1 aromatic carbocycles.